The Morgan fingerprint density at radius 2 is 1.11 bits per heavy atom. The van der Waals surface area contributed by atoms with E-state index in [0.29, 0.717) is 0 Å². The molecule has 1 atom stereocenters. The van der Waals surface area contributed by atoms with Crippen LogP contribution in [0, 0.1) is 0 Å². The van der Waals surface area contributed by atoms with Crippen molar-refractivity contribution in [2.24, 2.45) is 0 Å². The van der Waals surface area contributed by atoms with Gasteiger partial charge >= 0.3 is 41.8 Å². The molecule has 0 bridgehead atoms. The van der Waals surface area contributed by atoms with Crippen molar-refractivity contribution in [3.63, 3.8) is 0 Å². The second-order valence-electron chi connectivity index (χ2n) is 5.46. The van der Waals surface area contributed by atoms with Crippen LogP contribution in [-0.2, 0) is 9.53 Å². The van der Waals surface area contributed by atoms with Crippen LogP contribution in [0.4, 0.5) is 57.1 Å². The molecule has 0 rings (SSSR count). The van der Waals surface area contributed by atoms with Crippen LogP contribution in [0.1, 0.15) is 6.92 Å². The fraction of sp³-hybridized carbons (Fsp3) is 0.750. The summed E-state index contributed by atoms with van der Waals surface area (Å²) in [6.45, 7) is -0.0381. The van der Waals surface area contributed by atoms with E-state index in [0.717, 1.165) is 0 Å². The van der Waals surface area contributed by atoms with E-state index in [-0.39, 0.29) is 6.08 Å². The summed E-state index contributed by atoms with van der Waals surface area (Å²) in [4.78, 5) is 10.7. The fourth-order valence-electron chi connectivity index (χ4n) is 1.47. The molecule has 3 nitrogen and oxygen atoms in total. The molecule has 0 saturated heterocycles. The van der Waals surface area contributed by atoms with Gasteiger partial charge in [-0.15, -0.1) is 0 Å². The Hall–Kier alpha value is -1.74. The molecule has 0 radical (unpaired) electrons. The highest BCUT2D eigenvalue weighted by Crippen LogP contribution is 2.61. The highest BCUT2D eigenvalue weighted by Gasteiger charge is 2.92. The number of alkyl halides is 13. The summed E-state index contributed by atoms with van der Waals surface area (Å²) >= 11 is 0. The molecule has 166 valence electrons. The lowest BCUT2D eigenvalue weighted by Crippen LogP contribution is -2.73. The standard InChI is InChI=1S/C12H9F13O3/c1-3-5(26)28-4-6(2,27)7(13,14)8(15,16)9(17,18)10(19,20)11(21,22)12(23,24)25/h3,27H,1,4H2,2H3. The van der Waals surface area contributed by atoms with Crippen molar-refractivity contribution in [2.45, 2.75) is 48.3 Å². The Labute approximate surface area is 146 Å². The minimum Gasteiger partial charge on any atom is -0.459 e. The highest BCUT2D eigenvalue weighted by molar-refractivity contribution is 5.81. The topological polar surface area (TPSA) is 46.5 Å². The summed E-state index contributed by atoms with van der Waals surface area (Å²) < 4.78 is 172. The van der Waals surface area contributed by atoms with Crippen LogP contribution in [0.15, 0.2) is 12.7 Å². The molecule has 28 heavy (non-hydrogen) atoms. The van der Waals surface area contributed by atoms with Gasteiger partial charge in [0.05, 0.1) is 0 Å². The van der Waals surface area contributed by atoms with E-state index >= 15 is 0 Å². The summed E-state index contributed by atoms with van der Waals surface area (Å²) in [5, 5.41) is 9.18. The van der Waals surface area contributed by atoms with Crippen LogP contribution in [0.5, 0.6) is 0 Å². The molecule has 0 spiro atoms. The lowest BCUT2D eigenvalue weighted by Gasteiger charge is -2.43. The number of hydrogen-bond acceptors (Lipinski definition) is 3. The number of esters is 1. The first-order valence-electron chi connectivity index (χ1n) is 6.43. The van der Waals surface area contributed by atoms with Gasteiger partial charge in [-0.1, -0.05) is 6.58 Å². The zero-order valence-corrected chi connectivity index (χ0v) is 13.2. The molecular formula is C12H9F13O3. The van der Waals surface area contributed by atoms with E-state index in [1.54, 1.807) is 0 Å². The number of carbonyl (C=O) groups excluding carboxylic acids is 1. The first kappa shape index (κ1) is 26.3. The number of carbonyl (C=O) groups is 1. The maximum absolute atomic E-state index is 13.7. The molecule has 0 heterocycles. The second kappa shape index (κ2) is 6.95. The Balaban J connectivity index is 6.31. The molecule has 0 saturated carbocycles. The van der Waals surface area contributed by atoms with Gasteiger partial charge in [0.2, 0.25) is 0 Å². The van der Waals surface area contributed by atoms with Gasteiger partial charge in [0.15, 0.2) is 5.60 Å². The molecule has 1 unspecified atom stereocenters. The lowest BCUT2D eigenvalue weighted by molar-refractivity contribution is -0.449. The Morgan fingerprint density at radius 1 is 0.786 bits per heavy atom. The molecule has 0 aliphatic rings. The van der Waals surface area contributed by atoms with Gasteiger partial charge in [-0.2, -0.15) is 57.1 Å². The third-order valence-corrected chi connectivity index (χ3v) is 3.27. The Bertz CT molecular complexity index is 606. The van der Waals surface area contributed by atoms with E-state index < -0.39 is 60.9 Å². The third-order valence-electron chi connectivity index (χ3n) is 3.27. The third kappa shape index (κ3) is 3.61. The quantitative estimate of drug-likeness (QED) is 0.344. The molecule has 0 aromatic carbocycles. The van der Waals surface area contributed by atoms with Gasteiger partial charge in [0.1, 0.15) is 6.61 Å². The second-order valence-corrected chi connectivity index (χ2v) is 5.46. The first-order valence-corrected chi connectivity index (χ1v) is 6.43. The predicted molar refractivity (Wildman–Crippen MR) is 62.6 cm³/mol. The van der Waals surface area contributed by atoms with Crippen molar-refractivity contribution >= 4 is 5.97 Å². The normalized spacial score (nSPS) is 17.1. The molecule has 0 amide bonds. The summed E-state index contributed by atoms with van der Waals surface area (Å²) in [7, 11) is 0. The minimum absolute atomic E-state index is 0.207. The molecule has 1 N–H and O–H groups in total. The van der Waals surface area contributed by atoms with Crippen molar-refractivity contribution in [2.75, 3.05) is 6.61 Å². The molecule has 16 heteroatoms. The van der Waals surface area contributed by atoms with Crippen molar-refractivity contribution < 1.29 is 71.7 Å². The average Bonchev–Trinajstić information content (AvgIpc) is 2.50. The Morgan fingerprint density at radius 3 is 1.43 bits per heavy atom. The van der Waals surface area contributed by atoms with Crippen molar-refractivity contribution in [1.82, 2.24) is 0 Å². The zero-order valence-electron chi connectivity index (χ0n) is 13.2. The number of halogens is 13. The largest absolute Gasteiger partial charge is 0.460 e. The average molecular weight is 448 g/mol. The van der Waals surface area contributed by atoms with Gasteiger partial charge in [0, 0.05) is 6.08 Å². The number of ether oxygens (including phenoxy) is 1. The van der Waals surface area contributed by atoms with Crippen LogP contribution in [0.3, 0.4) is 0 Å². The smallest absolute Gasteiger partial charge is 0.459 e. The summed E-state index contributed by atoms with van der Waals surface area (Å²) in [6, 6.07) is 0. The van der Waals surface area contributed by atoms with E-state index in [4.69, 9.17) is 0 Å². The maximum atomic E-state index is 13.7. The van der Waals surface area contributed by atoms with Gasteiger partial charge in [-0.25, -0.2) is 4.79 Å². The molecular weight excluding hydrogens is 439 g/mol. The van der Waals surface area contributed by atoms with Gasteiger partial charge in [-0.3, -0.25) is 0 Å². The number of aliphatic hydroxyl groups is 1. The summed E-state index contributed by atoms with van der Waals surface area (Å²) in [6.07, 6.45) is -7.33. The van der Waals surface area contributed by atoms with E-state index in [2.05, 4.69) is 11.3 Å². The fourth-order valence-corrected chi connectivity index (χ4v) is 1.47. The minimum atomic E-state index is -8.08. The van der Waals surface area contributed by atoms with Gasteiger partial charge in [-0.05, 0) is 6.92 Å². The Kier molecular flexibility index (Phi) is 6.52. The van der Waals surface area contributed by atoms with Crippen LogP contribution in [0.2, 0.25) is 0 Å². The molecule has 0 aromatic rings. The van der Waals surface area contributed by atoms with Crippen LogP contribution >= 0.6 is 0 Å². The first-order chi connectivity index (χ1) is 12.0. The van der Waals surface area contributed by atoms with E-state index in [9.17, 15) is 67.0 Å². The van der Waals surface area contributed by atoms with E-state index in [1.807, 2.05) is 0 Å². The maximum Gasteiger partial charge on any atom is 0.460 e. The SMILES string of the molecule is C=CC(=O)OCC(C)(O)C(F)(F)C(F)(F)C(F)(F)C(F)(F)C(F)(F)C(F)(F)F. The number of rotatable bonds is 8. The molecule has 0 aliphatic heterocycles. The lowest BCUT2D eigenvalue weighted by atomic mass is 9.86. The molecule has 0 fully saturated rings. The van der Waals surface area contributed by atoms with Crippen LogP contribution < -0.4 is 0 Å². The van der Waals surface area contributed by atoms with Gasteiger partial charge < -0.3 is 9.84 Å². The summed E-state index contributed by atoms with van der Waals surface area (Å²) in [5.41, 5.74) is -4.62. The summed E-state index contributed by atoms with van der Waals surface area (Å²) in [5.74, 6) is -40.2. The van der Waals surface area contributed by atoms with Crippen molar-refractivity contribution in [1.29, 1.82) is 0 Å². The zero-order chi connectivity index (χ0) is 23.2. The predicted octanol–water partition coefficient (Wildman–Crippen LogP) is 4.21. The molecule has 0 aromatic heterocycles. The number of hydrogen-bond donors (Lipinski definition) is 1. The van der Waals surface area contributed by atoms with Crippen molar-refractivity contribution in [3.8, 4) is 0 Å². The van der Waals surface area contributed by atoms with Crippen molar-refractivity contribution in [3.05, 3.63) is 12.7 Å². The molecule has 0 aliphatic carbocycles. The monoisotopic (exact) mass is 448 g/mol. The van der Waals surface area contributed by atoms with Crippen LogP contribution in [-0.4, -0.2) is 59.1 Å². The van der Waals surface area contributed by atoms with Crippen LogP contribution in [0.25, 0.3) is 0 Å². The highest BCUT2D eigenvalue weighted by atomic mass is 19.4. The van der Waals surface area contributed by atoms with Gasteiger partial charge in [0.25, 0.3) is 0 Å². The van der Waals surface area contributed by atoms with E-state index in [1.165, 1.54) is 0 Å².